The lowest BCUT2D eigenvalue weighted by atomic mass is 9.47. The third-order valence-corrected chi connectivity index (χ3v) is 15.0. The van der Waals surface area contributed by atoms with E-state index in [1.807, 2.05) is 0 Å². The van der Waals surface area contributed by atoms with E-state index in [0.29, 0.717) is 35.0 Å². The number of carbonyl (C=O) groups is 1. The Hall–Kier alpha value is -2.09. The summed E-state index contributed by atoms with van der Waals surface area (Å²) in [6.45, 7) is 17.1. The summed E-state index contributed by atoms with van der Waals surface area (Å²) < 4.78 is 6.14. The van der Waals surface area contributed by atoms with Crippen LogP contribution in [0.3, 0.4) is 0 Å². The van der Waals surface area contributed by atoms with Crippen LogP contribution < -0.4 is 0 Å². The van der Waals surface area contributed by atoms with Crippen molar-refractivity contribution in [1.82, 2.24) is 0 Å². The van der Waals surface area contributed by atoms with Gasteiger partial charge in [0.05, 0.1) is 0 Å². The molecule has 4 aliphatic rings. The minimum Gasteiger partial charge on any atom is -0.462 e. The van der Waals surface area contributed by atoms with E-state index < -0.39 is 0 Å². The number of unbranched alkanes of at least 4 members (excludes halogenated alkanes) is 8. The molecule has 0 aromatic carbocycles. The smallest absolute Gasteiger partial charge is 0.306 e. The van der Waals surface area contributed by atoms with Gasteiger partial charge in [0.25, 0.3) is 0 Å². The quantitative estimate of drug-likeness (QED) is 0.0592. The van der Waals surface area contributed by atoms with Crippen molar-refractivity contribution in [3.8, 4) is 0 Å². The van der Waals surface area contributed by atoms with Crippen molar-refractivity contribution in [2.24, 2.45) is 52.3 Å². The molecule has 4 aliphatic carbocycles. The number of carbonyl (C=O) groups excluding carboxylic acids is 1. The van der Waals surface area contributed by atoms with Crippen molar-refractivity contribution < 1.29 is 9.53 Å². The van der Waals surface area contributed by atoms with Crippen molar-refractivity contribution in [3.05, 3.63) is 72.4 Å². The van der Waals surface area contributed by atoms with E-state index in [2.05, 4.69) is 115 Å². The number of esters is 1. The molecule has 0 aromatic heterocycles. The molecule has 0 N–H and O–H groups in total. The zero-order valence-corrected chi connectivity index (χ0v) is 36.3. The maximum Gasteiger partial charge on any atom is 0.306 e. The molecule has 3 fully saturated rings. The van der Waals surface area contributed by atoms with Crippen LogP contribution in [0.25, 0.3) is 0 Å². The molecule has 0 bridgehead atoms. The minimum atomic E-state index is 0.0374. The van der Waals surface area contributed by atoms with Crippen LogP contribution in [0, 0.1) is 52.3 Å². The van der Waals surface area contributed by atoms with Crippen molar-refractivity contribution in [2.45, 2.75) is 196 Å². The molecule has 0 saturated heterocycles. The Morgan fingerprint density at radius 3 is 2.04 bits per heavy atom. The van der Waals surface area contributed by atoms with E-state index >= 15 is 0 Å². The average molecular weight is 741 g/mol. The molecule has 4 rings (SSSR count). The molecule has 304 valence electrons. The highest BCUT2D eigenvalue weighted by molar-refractivity contribution is 5.69. The van der Waals surface area contributed by atoms with Gasteiger partial charge >= 0.3 is 5.97 Å². The number of hydrogen-bond acceptors (Lipinski definition) is 2. The molecular formula is C52H84O2. The van der Waals surface area contributed by atoms with Crippen LogP contribution >= 0.6 is 0 Å². The highest BCUT2D eigenvalue weighted by Gasteiger charge is 2.59. The van der Waals surface area contributed by atoms with Crippen LogP contribution in [0.1, 0.15) is 190 Å². The van der Waals surface area contributed by atoms with Gasteiger partial charge in [-0.15, -0.1) is 0 Å². The maximum absolute atomic E-state index is 12.9. The lowest BCUT2D eigenvalue weighted by Gasteiger charge is -2.58. The number of rotatable bonds is 23. The van der Waals surface area contributed by atoms with Gasteiger partial charge < -0.3 is 4.74 Å². The molecule has 0 amide bonds. The first-order chi connectivity index (χ1) is 26.1. The van der Waals surface area contributed by atoms with Crippen LogP contribution in [0.4, 0.5) is 0 Å². The summed E-state index contributed by atoms with van der Waals surface area (Å²) in [6, 6.07) is 0. The SMILES string of the molecule is CCCCC/C=C\C/C=C\C/C=C\C/C=C\CCCCCCCC(=O)OC1CCC2(C)C(=CCC3C2CCC2(C)C(C(C)/C=C/C(C)C(C)C)CCC32)C1. The van der Waals surface area contributed by atoms with Crippen molar-refractivity contribution in [3.63, 3.8) is 0 Å². The van der Waals surface area contributed by atoms with Gasteiger partial charge in [-0.25, -0.2) is 0 Å². The average Bonchev–Trinajstić information content (AvgIpc) is 3.51. The summed E-state index contributed by atoms with van der Waals surface area (Å²) in [6.07, 6.45) is 52.1. The Morgan fingerprint density at radius 1 is 0.741 bits per heavy atom. The molecule has 0 radical (unpaired) electrons. The molecular weight excluding hydrogens is 657 g/mol. The van der Waals surface area contributed by atoms with E-state index in [0.717, 1.165) is 75.0 Å². The van der Waals surface area contributed by atoms with Gasteiger partial charge in [0.15, 0.2) is 0 Å². The third-order valence-electron chi connectivity index (χ3n) is 15.0. The molecule has 0 spiro atoms. The molecule has 0 heterocycles. The fourth-order valence-corrected chi connectivity index (χ4v) is 11.2. The van der Waals surface area contributed by atoms with Crippen LogP contribution in [0.2, 0.25) is 0 Å². The fourth-order valence-electron chi connectivity index (χ4n) is 11.2. The number of allylic oxidation sites excluding steroid dienone is 11. The predicted molar refractivity (Wildman–Crippen MR) is 234 cm³/mol. The third kappa shape index (κ3) is 13.0. The number of hydrogen-bond donors (Lipinski definition) is 0. The van der Waals surface area contributed by atoms with Crippen LogP contribution in [0.15, 0.2) is 72.4 Å². The second kappa shape index (κ2) is 23.2. The van der Waals surface area contributed by atoms with Crippen LogP contribution in [-0.2, 0) is 9.53 Å². The Morgan fingerprint density at radius 2 is 1.37 bits per heavy atom. The number of fused-ring (bicyclic) bond motifs is 5. The van der Waals surface area contributed by atoms with Gasteiger partial charge in [-0.2, -0.15) is 0 Å². The first kappa shape index (κ1) is 44.6. The Kier molecular flexibility index (Phi) is 19.2. The van der Waals surface area contributed by atoms with E-state index in [1.54, 1.807) is 5.57 Å². The zero-order chi connectivity index (χ0) is 38.8. The summed E-state index contributed by atoms with van der Waals surface area (Å²) in [5.74, 6) is 5.41. The fraction of sp³-hybridized carbons (Fsp3) is 0.750. The highest BCUT2D eigenvalue weighted by atomic mass is 16.5. The van der Waals surface area contributed by atoms with Gasteiger partial charge in [0.1, 0.15) is 6.10 Å². The zero-order valence-electron chi connectivity index (χ0n) is 36.3. The monoisotopic (exact) mass is 741 g/mol. The van der Waals surface area contributed by atoms with Gasteiger partial charge in [-0.05, 0) is 149 Å². The predicted octanol–water partition coefficient (Wildman–Crippen LogP) is 15.7. The molecule has 2 nitrogen and oxygen atoms in total. The first-order valence-corrected chi connectivity index (χ1v) is 23.3. The van der Waals surface area contributed by atoms with Crippen molar-refractivity contribution in [2.75, 3.05) is 0 Å². The van der Waals surface area contributed by atoms with E-state index in [9.17, 15) is 4.79 Å². The topological polar surface area (TPSA) is 26.3 Å². The highest BCUT2D eigenvalue weighted by Crippen LogP contribution is 2.67. The van der Waals surface area contributed by atoms with Gasteiger partial charge in [-0.1, -0.05) is 153 Å². The van der Waals surface area contributed by atoms with E-state index in [4.69, 9.17) is 4.74 Å². The van der Waals surface area contributed by atoms with Crippen molar-refractivity contribution >= 4 is 5.97 Å². The summed E-state index contributed by atoms with van der Waals surface area (Å²) in [7, 11) is 0. The Labute approximate surface area is 334 Å². The molecule has 9 unspecified atom stereocenters. The summed E-state index contributed by atoms with van der Waals surface area (Å²) in [5.41, 5.74) is 2.41. The van der Waals surface area contributed by atoms with Gasteiger partial charge in [-0.3, -0.25) is 4.79 Å². The molecule has 0 aliphatic heterocycles. The largest absolute Gasteiger partial charge is 0.462 e. The summed E-state index contributed by atoms with van der Waals surface area (Å²) in [5, 5.41) is 0. The lowest BCUT2D eigenvalue weighted by molar-refractivity contribution is -0.151. The van der Waals surface area contributed by atoms with E-state index in [-0.39, 0.29) is 12.1 Å². The Balaban J connectivity index is 1.07. The summed E-state index contributed by atoms with van der Waals surface area (Å²) >= 11 is 0. The first-order valence-electron chi connectivity index (χ1n) is 23.3. The second-order valence-corrected chi connectivity index (χ2v) is 19.1. The molecule has 3 saturated carbocycles. The van der Waals surface area contributed by atoms with Gasteiger partial charge in [0.2, 0.25) is 0 Å². The standard InChI is InChI=1S/C52H84O2/c1-8-9-10-11-12-13-14-15-16-17-18-19-20-21-22-23-24-25-26-27-28-29-50(53)54-45-36-38-51(6)44(40-45)32-33-46-48-35-34-47(52(48,7)39-37-49(46)51)43(5)31-30-42(4)41(2)3/h12-13,15-16,18-19,21-22,30-32,41-43,45-49H,8-11,14,17,20,23-29,33-40H2,1-7H3/b13-12-,16-15-,19-18-,22-21-,31-30+. The Bertz CT molecular complexity index is 1280. The van der Waals surface area contributed by atoms with Gasteiger partial charge in [0, 0.05) is 12.8 Å². The molecule has 9 atom stereocenters. The summed E-state index contributed by atoms with van der Waals surface area (Å²) in [4.78, 5) is 12.9. The minimum absolute atomic E-state index is 0.0374. The van der Waals surface area contributed by atoms with Crippen LogP contribution in [-0.4, -0.2) is 12.1 Å². The lowest BCUT2D eigenvalue weighted by Crippen LogP contribution is -2.51. The van der Waals surface area contributed by atoms with Crippen molar-refractivity contribution in [1.29, 1.82) is 0 Å². The van der Waals surface area contributed by atoms with E-state index in [1.165, 1.54) is 83.5 Å². The normalized spacial score (nSPS) is 31.1. The number of ether oxygens (including phenoxy) is 1. The maximum atomic E-state index is 12.9. The second-order valence-electron chi connectivity index (χ2n) is 19.1. The molecule has 54 heavy (non-hydrogen) atoms. The van der Waals surface area contributed by atoms with Crippen LogP contribution in [0.5, 0.6) is 0 Å². The molecule has 0 aromatic rings. The molecule has 2 heteroatoms.